The third-order valence-corrected chi connectivity index (χ3v) is 7.54. The third kappa shape index (κ3) is 4.75. The van der Waals surface area contributed by atoms with Crippen molar-refractivity contribution >= 4 is 38.5 Å². The van der Waals surface area contributed by atoms with Crippen LogP contribution in [0.25, 0.3) is 0 Å². The highest BCUT2D eigenvalue weighted by molar-refractivity contribution is 14.1. The molecule has 35 heavy (non-hydrogen) atoms. The van der Waals surface area contributed by atoms with Crippen LogP contribution in [0.15, 0.2) is 50.7 Å². The molecule has 0 aliphatic carbocycles. The van der Waals surface area contributed by atoms with E-state index in [2.05, 4.69) is 48.8 Å². The Balaban J connectivity index is 1.44. The molecule has 0 N–H and O–H groups in total. The van der Waals surface area contributed by atoms with Gasteiger partial charge in [-0.3, -0.25) is 13.9 Å². The van der Waals surface area contributed by atoms with E-state index in [-0.39, 0.29) is 12.6 Å². The summed E-state index contributed by atoms with van der Waals surface area (Å²) in [5.74, 6) is -1.95. The van der Waals surface area contributed by atoms with Gasteiger partial charge in [-0.2, -0.15) is 4.39 Å². The zero-order valence-electron chi connectivity index (χ0n) is 18.8. The van der Waals surface area contributed by atoms with Crippen molar-refractivity contribution in [3.63, 3.8) is 0 Å². The van der Waals surface area contributed by atoms with Crippen molar-refractivity contribution in [3.05, 3.63) is 79.0 Å². The molecule has 5 rings (SSSR count). The standard InChI is InChI=1S/C22H22BrFIN5O5/c1-22(2)34-17-16(7-25)33-20(18(17)35-22)30-11-15(24)19(31)29(21(30)32)10-13-9-28(27-26-13)8-12-5-3-4-6-14(12)23/h3-6,9,11,16-18,20H,7-8,10H2,1-2H3. The predicted octanol–water partition coefficient (Wildman–Crippen LogP) is 2.45. The Labute approximate surface area is 221 Å². The molecule has 2 saturated heterocycles. The Morgan fingerprint density at radius 1 is 1.14 bits per heavy atom. The third-order valence-electron chi connectivity index (χ3n) is 5.90. The van der Waals surface area contributed by atoms with Crippen LogP contribution < -0.4 is 11.2 Å². The molecule has 2 fully saturated rings. The van der Waals surface area contributed by atoms with Crippen LogP contribution in [0.4, 0.5) is 4.39 Å². The monoisotopic (exact) mass is 661 g/mol. The van der Waals surface area contributed by atoms with Gasteiger partial charge in [-0.1, -0.05) is 61.9 Å². The van der Waals surface area contributed by atoms with E-state index in [0.29, 0.717) is 16.7 Å². The molecule has 13 heteroatoms. The lowest BCUT2D eigenvalue weighted by molar-refractivity contribution is -0.194. The fraction of sp³-hybridized carbons (Fsp3) is 0.455. The first kappa shape index (κ1) is 24.7. The van der Waals surface area contributed by atoms with Crippen molar-refractivity contribution in [1.29, 1.82) is 0 Å². The topological polar surface area (TPSA) is 102 Å². The fourth-order valence-corrected chi connectivity index (χ4v) is 5.49. The van der Waals surface area contributed by atoms with Gasteiger partial charge in [0.05, 0.1) is 31.6 Å². The largest absolute Gasteiger partial charge is 0.348 e. The molecule has 1 aromatic carbocycles. The second kappa shape index (κ2) is 9.50. The average Bonchev–Trinajstić information content (AvgIpc) is 3.48. The molecule has 0 radical (unpaired) electrons. The van der Waals surface area contributed by atoms with Crippen molar-refractivity contribution in [2.24, 2.45) is 0 Å². The van der Waals surface area contributed by atoms with Gasteiger partial charge in [-0.05, 0) is 25.5 Å². The van der Waals surface area contributed by atoms with Gasteiger partial charge in [-0.25, -0.2) is 9.48 Å². The Morgan fingerprint density at radius 3 is 2.63 bits per heavy atom. The van der Waals surface area contributed by atoms with Crippen molar-refractivity contribution < 1.29 is 18.6 Å². The Morgan fingerprint density at radius 2 is 1.89 bits per heavy atom. The van der Waals surface area contributed by atoms with Gasteiger partial charge in [0.2, 0.25) is 5.82 Å². The summed E-state index contributed by atoms with van der Waals surface area (Å²) in [4.78, 5) is 25.9. The number of rotatable bonds is 6. The van der Waals surface area contributed by atoms with E-state index in [4.69, 9.17) is 14.2 Å². The quantitative estimate of drug-likeness (QED) is 0.296. The SMILES string of the molecule is CC1(C)OC2C(CI)OC(n3cc(F)c(=O)n(Cc4cn(Cc5ccccc5Br)nn4)c3=O)C2O1. The predicted molar refractivity (Wildman–Crippen MR) is 134 cm³/mol. The molecule has 4 atom stereocenters. The van der Waals surface area contributed by atoms with Crippen LogP contribution >= 0.6 is 38.5 Å². The molecule has 3 aromatic rings. The van der Waals surface area contributed by atoms with E-state index >= 15 is 0 Å². The van der Waals surface area contributed by atoms with E-state index in [9.17, 15) is 14.0 Å². The van der Waals surface area contributed by atoms with Gasteiger partial charge >= 0.3 is 5.69 Å². The maximum atomic E-state index is 14.7. The first-order valence-electron chi connectivity index (χ1n) is 10.9. The van der Waals surface area contributed by atoms with Crippen LogP contribution in [0.5, 0.6) is 0 Å². The highest BCUT2D eigenvalue weighted by Crippen LogP contribution is 2.43. The smallest absolute Gasteiger partial charge is 0.333 e. The summed E-state index contributed by atoms with van der Waals surface area (Å²) in [6, 6.07) is 7.67. The molecule has 2 aromatic heterocycles. The van der Waals surface area contributed by atoms with Crippen LogP contribution in [-0.4, -0.2) is 52.7 Å². The van der Waals surface area contributed by atoms with E-state index in [1.165, 1.54) is 0 Å². The molecule has 4 unspecified atom stereocenters. The summed E-state index contributed by atoms with van der Waals surface area (Å²) in [6.07, 6.45) is 0.154. The van der Waals surface area contributed by atoms with E-state index in [1.807, 2.05) is 24.3 Å². The second-order valence-electron chi connectivity index (χ2n) is 8.84. The van der Waals surface area contributed by atoms with Crippen molar-refractivity contribution in [2.75, 3.05) is 4.43 Å². The summed E-state index contributed by atoms with van der Waals surface area (Å²) in [5, 5.41) is 8.14. The molecule has 2 aliphatic heterocycles. The Bertz CT molecular complexity index is 1370. The molecular formula is C22H22BrFIN5O5. The molecular weight excluding hydrogens is 640 g/mol. The molecule has 2 aliphatic rings. The summed E-state index contributed by atoms with van der Waals surface area (Å²) >= 11 is 5.66. The van der Waals surface area contributed by atoms with E-state index in [0.717, 1.165) is 25.4 Å². The molecule has 0 saturated carbocycles. The lowest BCUT2D eigenvalue weighted by atomic mass is 10.1. The molecule has 0 spiro atoms. The first-order chi connectivity index (χ1) is 16.7. The lowest BCUT2D eigenvalue weighted by Crippen LogP contribution is -2.45. The van der Waals surface area contributed by atoms with E-state index < -0.39 is 41.3 Å². The average molecular weight is 662 g/mol. The lowest BCUT2D eigenvalue weighted by Gasteiger charge is -2.24. The minimum atomic E-state index is -1.08. The maximum absolute atomic E-state index is 14.7. The normalized spacial score (nSPS) is 25.2. The summed E-state index contributed by atoms with van der Waals surface area (Å²) in [5.41, 5.74) is -0.461. The molecule has 0 bridgehead atoms. The minimum absolute atomic E-state index is 0.245. The van der Waals surface area contributed by atoms with Gasteiger partial charge in [0.15, 0.2) is 12.0 Å². The van der Waals surface area contributed by atoms with Crippen molar-refractivity contribution in [1.82, 2.24) is 24.1 Å². The Kier molecular flexibility index (Phi) is 6.72. The van der Waals surface area contributed by atoms with Gasteiger partial charge in [-0.15, -0.1) is 5.10 Å². The zero-order chi connectivity index (χ0) is 24.9. The highest BCUT2D eigenvalue weighted by atomic mass is 127. The van der Waals surface area contributed by atoms with Crippen molar-refractivity contribution in [3.8, 4) is 0 Å². The first-order valence-corrected chi connectivity index (χ1v) is 13.2. The van der Waals surface area contributed by atoms with Gasteiger partial charge in [0.25, 0.3) is 5.56 Å². The van der Waals surface area contributed by atoms with E-state index in [1.54, 1.807) is 24.7 Å². The fourth-order valence-electron chi connectivity index (χ4n) is 4.37. The van der Waals surface area contributed by atoms with Crippen molar-refractivity contribution in [2.45, 2.75) is 57.3 Å². The molecule has 0 amide bonds. The number of fused-ring (bicyclic) bond motifs is 1. The van der Waals surface area contributed by atoms with Crippen LogP contribution in [-0.2, 0) is 27.3 Å². The summed E-state index contributed by atoms with van der Waals surface area (Å²) in [6.45, 7) is 3.73. The van der Waals surface area contributed by atoms with Crippen LogP contribution in [0.2, 0.25) is 0 Å². The number of benzene rings is 1. The number of alkyl halides is 1. The number of ether oxygens (including phenoxy) is 3. The number of hydrogen-bond acceptors (Lipinski definition) is 7. The minimum Gasteiger partial charge on any atom is -0.348 e. The van der Waals surface area contributed by atoms with Crippen LogP contribution in [0.1, 0.15) is 31.3 Å². The molecule has 10 nitrogen and oxygen atoms in total. The maximum Gasteiger partial charge on any atom is 0.333 e. The molecule has 186 valence electrons. The highest BCUT2D eigenvalue weighted by Gasteiger charge is 2.55. The number of hydrogen-bond donors (Lipinski definition) is 0. The number of halogens is 3. The van der Waals surface area contributed by atoms with Crippen LogP contribution in [0, 0.1) is 5.82 Å². The summed E-state index contributed by atoms with van der Waals surface area (Å²) in [7, 11) is 0. The number of aromatic nitrogens is 5. The second-order valence-corrected chi connectivity index (χ2v) is 10.6. The molecule has 4 heterocycles. The van der Waals surface area contributed by atoms with Gasteiger partial charge in [0.1, 0.15) is 17.9 Å². The van der Waals surface area contributed by atoms with Gasteiger partial charge < -0.3 is 14.2 Å². The number of nitrogens with zero attached hydrogens (tertiary/aromatic N) is 5. The summed E-state index contributed by atoms with van der Waals surface area (Å²) < 4.78 is 37.6. The van der Waals surface area contributed by atoms with Crippen LogP contribution in [0.3, 0.4) is 0 Å². The zero-order valence-corrected chi connectivity index (χ0v) is 22.5. The van der Waals surface area contributed by atoms with Gasteiger partial charge in [0, 0.05) is 8.90 Å². The Hall–Kier alpha value is -1.94.